The highest BCUT2D eigenvalue weighted by Crippen LogP contribution is 2.34. The lowest BCUT2D eigenvalue weighted by atomic mass is 9.92. The second-order valence-electron chi connectivity index (χ2n) is 3.92. The minimum Gasteiger partial charge on any atom is -0.376 e. The Kier molecular flexibility index (Phi) is 4.28. The van der Waals surface area contributed by atoms with Crippen LogP contribution in [0.1, 0.15) is 36.1 Å². The summed E-state index contributed by atoms with van der Waals surface area (Å²) in [6.45, 7) is 6.28. The molecule has 1 aromatic heterocycles. The van der Waals surface area contributed by atoms with Crippen LogP contribution in [-0.2, 0) is 4.74 Å². The van der Waals surface area contributed by atoms with Gasteiger partial charge in [-0.2, -0.15) is 0 Å². The SMILES string of the molecule is CCC(C)(OC)C(NN)c1ccc(C)s1. The molecule has 1 heterocycles. The van der Waals surface area contributed by atoms with Gasteiger partial charge in [-0.05, 0) is 32.4 Å². The fourth-order valence-electron chi connectivity index (χ4n) is 1.63. The van der Waals surface area contributed by atoms with Crippen molar-refractivity contribution < 1.29 is 4.74 Å². The number of methoxy groups -OCH3 is 1. The summed E-state index contributed by atoms with van der Waals surface area (Å²) in [6.07, 6.45) is 0.912. The van der Waals surface area contributed by atoms with Gasteiger partial charge >= 0.3 is 0 Å². The van der Waals surface area contributed by atoms with E-state index in [1.54, 1.807) is 18.4 Å². The molecule has 0 aliphatic heterocycles. The number of aryl methyl sites for hydroxylation is 1. The number of rotatable bonds is 5. The van der Waals surface area contributed by atoms with Gasteiger partial charge in [0.2, 0.25) is 0 Å². The van der Waals surface area contributed by atoms with Crippen LogP contribution in [0.2, 0.25) is 0 Å². The van der Waals surface area contributed by atoms with Crippen LogP contribution in [0.5, 0.6) is 0 Å². The molecule has 1 aromatic rings. The number of nitrogens with two attached hydrogens (primary N) is 1. The lowest BCUT2D eigenvalue weighted by Gasteiger charge is -2.34. The number of thiophene rings is 1. The molecule has 15 heavy (non-hydrogen) atoms. The third-order valence-corrected chi connectivity index (χ3v) is 4.06. The van der Waals surface area contributed by atoms with E-state index in [0.29, 0.717) is 0 Å². The van der Waals surface area contributed by atoms with Crippen molar-refractivity contribution in [1.29, 1.82) is 0 Å². The topological polar surface area (TPSA) is 47.3 Å². The second kappa shape index (κ2) is 5.07. The highest BCUT2D eigenvalue weighted by atomic mass is 32.1. The van der Waals surface area contributed by atoms with Crippen molar-refractivity contribution in [3.8, 4) is 0 Å². The van der Waals surface area contributed by atoms with Crippen molar-refractivity contribution in [2.24, 2.45) is 5.84 Å². The number of nitrogens with one attached hydrogen (secondary N) is 1. The lowest BCUT2D eigenvalue weighted by Crippen LogP contribution is -2.45. The lowest BCUT2D eigenvalue weighted by molar-refractivity contribution is -0.0290. The van der Waals surface area contributed by atoms with E-state index in [2.05, 4.69) is 38.3 Å². The van der Waals surface area contributed by atoms with E-state index in [1.165, 1.54) is 9.75 Å². The van der Waals surface area contributed by atoms with Crippen molar-refractivity contribution in [2.75, 3.05) is 7.11 Å². The quantitative estimate of drug-likeness (QED) is 0.601. The molecule has 2 unspecified atom stereocenters. The molecule has 3 nitrogen and oxygen atoms in total. The molecule has 4 heteroatoms. The number of hydrogen-bond acceptors (Lipinski definition) is 4. The van der Waals surface area contributed by atoms with Gasteiger partial charge < -0.3 is 4.74 Å². The molecular weight excluding hydrogens is 208 g/mol. The van der Waals surface area contributed by atoms with Crippen LogP contribution in [0.15, 0.2) is 12.1 Å². The monoisotopic (exact) mass is 228 g/mol. The summed E-state index contributed by atoms with van der Waals surface area (Å²) in [5.41, 5.74) is 2.60. The van der Waals surface area contributed by atoms with Crippen molar-refractivity contribution in [3.63, 3.8) is 0 Å². The third-order valence-electron chi connectivity index (χ3n) is 2.99. The Morgan fingerprint density at radius 2 is 2.27 bits per heavy atom. The Morgan fingerprint density at radius 3 is 2.60 bits per heavy atom. The van der Waals surface area contributed by atoms with E-state index in [9.17, 15) is 0 Å². The van der Waals surface area contributed by atoms with Crippen LogP contribution in [0, 0.1) is 6.92 Å². The summed E-state index contributed by atoms with van der Waals surface area (Å²) in [6, 6.07) is 4.26. The van der Waals surface area contributed by atoms with E-state index in [1.807, 2.05) is 0 Å². The first kappa shape index (κ1) is 12.6. The molecule has 0 spiro atoms. The summed E-state index contributed by atoms with van der Waals surface area (Å²) in [5.74, 6) is 5.63. The molecule has 0 amide bonds. The molecular formula is C11H20N2OS. The second-order valence-corrected chi connectivity index (χ2v) is 5.24. The van der Waals surface area contributed by atoms with Crippen LogP contribution in [-0.4, -0.2) is 12.7 Å². The van der Waals surface area contributed by atoms with Gasteiger partial charge in [0, 0.05) is 16.9 Å². The maximum absolute atomic E-state index is 5.63. The molecule has 0 aliphatic carbocycles. The first-order chi connectivity index (χ1) is 7.07. The number of hydrogen-bond donors (Lipinski definition) is 2. The highest BCUT2D eigenvalue weighted by Gasteiger charge is 2.33. The van der Waals surface area contributed by atoms with Gasteiger partial charge in [-0.1, -0.05) is 6.92 Å². The fraction of sp³-hybridized carbons (Fsp3) is 0.636. The minimum atomic E-state index is -0.258. The molecule has 3 N–H and O–H groups in total. The average molecular weight is 228 g/mol. The summed E-state index contributed by atoms with van der Waals surface area (Å²) in [5, 5.41) is 0. The van der Waals surface area contributed by atoms with Crippen molar-refractivity contribution in [2.45, 2.75) is 38.8 Å². The van der Waals surface area contributed by atoms with Crippen molar-refractivity contribution >= 4 is 11.3 Å². The standard InChI is InChI=1S/C11H20N2OS/c1-5-11(3,14-4)10(13-12)9-7-6-8(2)15-9/h6-7,10,13H,5,12H2,1-4H3. The Morgan fingerprint density at radius 1 is 1.60 bits per heavy atom. The summed E-state index contributed by atoms with van der Waals surface area (Å²) >= 11 is 1.76. The van der Waals surface area contributed by atoms with Crippen LogP contribution >= 0.6 is 11.3 Å². The van der Waals surface area contributed by atoms with Crippen LogP contribution < -0.4 is 11.3 Å². The van der Waals surface area contributed by atoms with Crippen LogP contribution in [0.25, 0.3) is 0 Å². The number of ether oxygens (including phenoxy) is 1. The maximum Gasteiger partial charge on any atom is 0.0862 e. The number of hydrazine groups is 1. The molecule has 0 saturated carbocycles. The van der Waals surface area contributed by atoms with Gasteiger partial charge in [0.05, 0.1) is 11.6 Å². The van der Waals surface area contributed by atoms with Crippen molar-refractivity contribution in [3.05, 3.63) is 21.9 Å². The summed E-state index contributed by atoms with van der Waals surface area (Å²) in [7, 11) is 1.73. The molecule has 0 fully saturated rings. The summed E-state index contributed by atoms with van der Waals surface area (Å²) in [4.78, 5) is 2.51. The van der Waals surface area contributed by atoms with Crippen LogP contribution in [0.3, 0.4) is 0 Å². The van der Waals surface area contributed by atoms with Crippen LogP contribution in [0.4, 0.5) is 0 Å². The zero-order valence-electron chi connectivity index (χ0n) is 9.83. The average Bonchev–Trinajstić information content (AvgIpc) is 2.65. The molecule has 1 rings (SSSR count). The van der Waals surface area contributed by atoms with E-state index < -0.39 is 0 Å². The molecule has 0 aromatic carbocycles. The Labute approximate surface area is 95.6 Å². The molecule has 2 atom stereocenters. The molecule has 0 radical (unpaired) electrons. The zero-order valence-corrected chi connectivity index (χ0v) is 10.6. The van der Waals surface area contributed by atoms with Crippen molar-refractivity contribution in [1.82, 2.24) is 5.43 Å². The van der Waals surface area contributed by atoms with Gasteiger partial charge in [-0.3, -0.25) is 5.84 Å². The largest absolute Gasteiger partial charge is 0.376 e. The molecule has 0 aliphatic rings. The van der Waals surface area contributed by atoms with Gasteiger partial charge in [0.1, 0.15) is 0 Å². The Bertz CT molecular complexity index is 307. The fourth-order valence-corrected chi connectivity index (χ4v) is 2.71. The van der Waals surface area contributed by atoms with Gasteiger partial charge in [-0.15, -0.1) is 11.3 Å². The Balaban J connectivity index is 2.97. The first-order valence-electron chi connectivity index (χ1n) is 5.15. The summed E-state index contributed by atoms with van der Waals surface area (Å²) < 4.78 is 5.57. The van der Waals surface area contributed by atoms with E-state index >= 15 is 0 Å². The van der Waals surface area contributed by atoms with Gasteiger partial charge in [-0.25, -0.2) is 5.43 Å². The van der Waals surface area contributed by atoms with Gasteiger partial charge in [0.25, 0.3) is 0 Å². The van der Waals surface area contributed by atoms with Gasteiger partial charge in [0.15, 0.2) is 0 Å². The third kappa shape index (κ3) is 2.58. The Hall–Kier alpha value is -0.420. The normalized spacial score (nSPS) is 17.4. The maximum atomic E-state index is 5.63. The first-order valence-corrected chi connectivity index (χ1v) is 5.96. The smallest absolute Gasteiger partial charge is 0.0862 e. The van der Waals surface area contributed by atoms with E-state index in [0.717, 1.165) is 6.42 Å². The molecule has 86 valence electrons. The van der Waals surface area contributed by atoms with E-state index in [4.69, 9.17) is 10.6 Å². The minimum absolute atomic E-state index is 0.0474. The highest BCUT2D eigenvalue weighted by molar-refractivity contribution is 7.12. The predicted octanol–water partition coefficient (Wildman–Crippen LogP) is 2.38. The zero-order chi connectivity index (χ0) is 11.5. The molecule has 0 bridgehead atoms. The van der Waals surface area contributed by atoms with E-state index in [-0.39, 0.29) is 11.6 Å². The molecule has 0 saturated heterocycles. The predicted molar refractivity (Wildman–Crippen MR) is 64.8 cm³/mol.